The monoisotopic (exact) mass is 254 g/mol. The molecule has 0 N–H and O–H groups in total. The van der Waals surface area contributed by atoms with E-state index in [0.717, 1.165) is 6.54 Å². The summed E-state index contributed by atoms with van der Waals surface area (Å²) in [6.07, 6.45) is 4.78. The Hall–Kier alpha value is -1.41. The Morgan fingerprint density at radius 2 is 1.79 bits per heavy atom. The second kappa shape index (κ2) is 5.30. The van der Waals surface area contributed by atoms with Crippen LogP contribution in [0.15, 0.2) is 30.5 Å². The lowest BCUT2D eigenvalue weighted by atomic mass is 9.99. The third kappa shape index (κ3) is 2.50. The fraction of sp³-hybridized carbons (Fsp3) is 0.471. The van der Waals surface area contributed by atoms with Crippen LogP contribution in [0.4, 0.5) is 0 Å². The van der Waals surface area contributed by atoms with Crippen LogP contribution in [0.1, 0.15) is 43.9 Å². The van der Waals surface area contributed by atoms with E-state index < -0.39 is 0 Å². The van der Waals surface area contributed by atoms with E-state index in [1.807, 2.05) is 0 Å². The normalized spacial score (nSPS) is 16.6. The number of rotatable bonds is 3. The molecule has 2 heterocycles. The van der Waals surface area contributed by atoms with Gasteiger partial charge in [-0.15, -0.1) is 0 Å². The highest BCUT2D eigenvalue weighted by Gasteiger charge is 2.15. The zero-order valence-electron chi connectivity index (χ0n) is 11.9. The van der Waals surface area contributed by atoms with Gasteiger partial charge in [0.25, 0.3) is 0 Å². The van der Waals surface area contributed by atoms with Gasteiger partial charge in [0.15, 0.2) is 0 Å². The lowest BCUT2D eigenvalue weighted by Gasteiger charge is -2.17. The van der Waals surface area contributed by atoms with E-state index in [9.17, 15) is 0 Å². The fourth-order valence-electron chi connectivity index (χ4n) is 3.04. The minimum atomic E-state index is 0.478. The van der Waals surface area contributed by atoms with Gasteiger partial charge in [0.05, 0.1) is 5.69 Å². The van der Waals surface area contributed by atoms with Crippen LogP contribution in [0, 0.1) is 0 Å². The first kappa shape index (κ1) is 12.6. The molecule has 3 rings (SSSR count). The summed E-state index contributed by atoms with van der Waals surface area (Å²) in [5.74, 6) is 0.478. The molecule has 2 aromatic rings. The number of likely N-dealkylation sites (tertiary alicyclic amines) is 1. The first-order valence-electron chi connectivity index (χ1n) is 7.34. The molecule has 1 aromatic heterocycles. The van der Waals surface area contributed by atoms with Gasteiger partial charge < -0.3 is 0 Å². The summed E-state index contributed by atoms with van der Waals surface area (Å²) in [5, 5.41) is 2.71. The number of hydrogen-bond acceptors (Lipinski definition) is 2. The van der Waals surface area contributed by atoms with E-state index in [-0.39, 0.29) is 0 Å². The lowest BCUT2D eigenvalue weighted by molar-refractivity contribution is 0.332. The summed E-state index contributed by atoms with van der Waals surface area (Å²) < 4.78 is 0. The molecule has 0 spiro atoms. The maximum Gasteiger partial charge on any atom is 0.0507 e. The number of hydrogen-bond donors (Lipinski definition) is 0. The summed E-state index contributed by atoms with van der Waals surface area (Å²) in [5.41, 5.74) is 2.60. The molecule has 0 radical (unpaired) electrons. The van der Waals surface area contributed by atoms with Gasteiger partial charge in [-0.2, -0.15) is 0 Å². The predicted molar refractivity (Wildman–Crippen MR) is 80.3 cm³/mol. The molecule has 1 saturated heterocycles. The molecule has 0 atom stereocenters. The van der Waals surface area contributed by atoms with E-state index in [1.165, 1.54) is 48.0 Å². The quantitative estimate of drug-likeness (QED) is 0.824. The number of benzene rings is 1. The van der Waals surface area contributed by atoms with Crippen LogP contribution < -0.4 is 0 Å². The van der Waals surface area contributed by atoms with Gasteiger partial charge in [0.2, 0.25) is 0 Å². The second-order valence-corrected chi connectivity index (χ2v) is 5.85. The maximum absolute atomic E-state index is 4.72. The predicted octanol–water partition coefficient (Wildman–Crippen LogP) is 3.95. The molecule has 19 heavy (non-hydrogen) atoms. The topological polar surface area (TPSA) is 16.1 Å². The Bertz CT molecular complexity index is 568. The molecule has 1 aliphatic rings. The Kier molecular flexibility index (Phi) is 3.52. The third-order valence-electron chi connectivity index (χ3n) is 4.05. The number of nitrogens with zero attached hydrogens (tertiary/aromatic N) is 2. The minimum absolute atomic E-state index is 0.478. The Morgan fingerprint density at radius 3 is 2.47 bits per heavy atom. The molecule has 0 saturated carbocycles. The molecule has 1 aliphatic heterocycles. The van der Waals surface area contributed by atoms with E-state index in [1.54, 1.807) is 0 Å². The van der Waals surface area contributed by atoms with E-state index in [0.29, 0.717) is 5.92 Å². The number of pyridine rings is 1. The molecule has 0 unspecified atom stereocenters. The molecule has 1 aromatic carbocycles. The SMILES string of the molecule is CC(C)c1ncc(CN2CCCC2)c2ccccc12. The standard InChI is InChI=1S/C17H22N2/c1-13(2)17-16-8-4-3-7-15(16)14(11-18-17)12-19-9-5-6-10-19/h3-4,7-8,11,13H,5-6,9-10,12H2,1-2H3. The van der Waals surface area contributed by atoms with Crippen LogP contribution in [-0.4, -0.2) is 23.0 Å². The summed E-state index contributed by atoms with van der Waals surface area (Å²) in [7, 11) is 0. The van der Waals surface area contributed by atoms with Gasteiger partial charge in [-0.1, -0.05) is 38.1 Å². The maximum atomic E-state index is 4.72. The Balaban J connectivity index is 2.03. The minimum Gasteiger partial charge on any atom is -0.299 e. The molecule has 2 heteroatoms. The van der Waals surface area contributed by atoms with Crippen molar-refractivity contribution in [3.63, 3.8) is 0 Å². The van der Waals surface area contributed by atoms with Gasteiger partial charge >= 0.3 is 0 Å². The summed E-state index contributed by atoms with van der Waals surface area (Å²) in [6, 6.07) is 8.72. The van der Waals surface area contributed by atoms with Gasteiger partial charge in [-0.05, 0) is 42.8 Å². The molecular weight excluding hydrogens is 232 g/mol. The fourth-order valence-corrected chi connectivity index (χ4v) is 3.04. The van der Waals surface area contributed by atoms with Gasteiger partial charge in [0.1, 0.15) is 0 Å². The van der Waals surface area contributed by atoms with Crippen LogP contribution >= 0.6 is 0 Å². The van der Waals surface area contributed by atoms with Crippen molar-refractivity contribution < 1.29 is 0 Å². The van der Waals surface area contributed by atoms with Crippen molar-refractivity contribution in [2.24, 2.45) is 0 Å². The third-order valence-corrected chi connectivity index (χ3v) is 4.05. The van der Waals surface area contributed by atoms with Crippen molar-refractivity contribution in [2.75, 3.05) is 13.1 Å². The molecule has 100 valence electrons. The highest BCUT2D eigenvalue weighted by molar-refractivity contribution is 5.87. The molecule has 0 amide bonds. The lowest BCUT2D eigenvalue weighted by Crippen LogP contribution is -2.18. The molecule has 1 fully saturated rings. The van der Waals surface area contributed by atoms with Crippen LogP contribution in [0.25, 0.3) is 10.8 Å². The molecular formula is C17H22N2. The zero-order valence-corrected chi connectivity index (χ0v) is 11.9. The molecule has 0 aliphatic carbocycles. The number of fused-ring (bicyclic) bond motifs is 1. The Labute approximate surface area is 115 Å². The highest BCUT2D eigenvalue weighted by Crippen LogP contribution is 2.27. The van der Waals surface area contributed by atoms with Gasteiger partial charge in [0, 0.05) is 18.1 Å². The highest BCUT2D eigenvalue weighted by atomic mass is 15.1. The van der Waals surface area contributed by atoms with Crippen molar-refractivity contribution >= 4 is 10.8 Å². The van der Waals surface area contributed by atoms with E-state index >= 15 is 0 Å². The van der Waals surface area contributed by atoms with Gasteiger partial charge in [-0.25, -0.2) is 0 Å². The van der Waals surface area contributed by atoms with Crippen molar-refractivity contribution in [1.29, 1.82) is 0 Å². The Morgan fingerprint density at radius 1 is 1.11 bits per heavy atom. The molecule has 0 bridgehead atoms. The van der Waals surface area contributed by atoms with Crippen LogP contribution in [-0.2, 0) is 6.54 Å². The van der Waals surface area contributed by atoms with Crippen molar-refractivity contribution in [2.45, 2.75) is 39.2 Å². The summed E-state index contributed by atoms with van der Waals surface area (Å²) in [6.45, 7) is 7.95. The van der Waals surface area contributed by atoms with Gasteiger partial charge in [-0.3, -0.25) is 9.88 Å². The zero-order chi connectivity index (χ0) is 13.2. The molecule has 2 nitrogen and oxygen atoms in total. The van der Waals surface area contributed by atoms with Crippen molar-refractivity contribution in [3.8, 4) is 0 Å². The summed E-state index contributed by atoms with van der Waals surface area (Å²) >= 11 is 0. The van der Waals surface area contributed by atoms with Crippen molar-refractivity contribution in [1.82, 2.24) is 9.88 Å². The largest absolute Gasteiger partial charge is 0.299 e. The van der Waals surface area contributed by atoms with E-state index in [2.05, 4.69) is 49.2 Å². The average molecular weight is 254 g/mol. The smallest absolute Gasteiger partial charge is 0.0507 e. The first-order chi connectivity index (χ1) is 9.25. The van der Waals surface area contributed by atoms with E-state index in [4.69, 9.17) is 4.98 Å². The average Bonchev–Trinajstić information content (AvgIpc) is 2.91. The van der Waals surface area contributed by atoms with Crippen molar-refractivity contribution in [3.05, 3.63) is 41.7 Å². The van der Waals surface area contributed by atoms with Crippen LogP contribution in [0.2, 0.25) is 0 Å². The van der Waals surface area contributed by atoms with Crippen LogP contribution in [0.3, 0.4) is 0 Å². The van der Waals surface area contributed by atoms with Crippen LogP contribution in [0.5, 0.6) is 0 Å². The second-order valence-electron chi connectivity index (χ2n) is 5.85. The number of aromatic nitrogens is 1. The first-order valence-corrected chi connectivity index (χ1v) is 7.34. The summed E-state index contributed by atoms with van der Waals surface area (Å²) in [4.78, 5) is 7.26.